The molecule has 5 rings (SSSR count). The smallest absolute Gasteiger partial charge is 0.420 e. The topological polar surface area (TPSA) is 70.0 Å². The molecule has 4 aromatic rings. The van der Waals surface area contributed by atoms with Crippen LogP contribution in [0.4, 0.5) is 15.4 Å². The van der Waals surface area contributed by atoms with Crippen LogP contribution in [0.5, 0.6) is 5.75 Å². The van der Waals surface area contributed by atoms with Gasteiger partial charge in [0.2, 0.25) is 0 Å². The Balaban J connectivity index is 1.89. The Morgan fingerprint density at radius 3 is 2.12 bits per heavy atom. The third-order valence-corrected chi connectivity index (χ3v) is 7.98. The Labute approximate surface area is 247 Å². The number of carbonyl (C=O) groups is 2. The Morgan fingerprint density at radius 2 is 1.48 bits per heavy atom. The summed E-state index contributed by atoms with van der Waals surface area (Å²) in [6.45, 7) is 8.46. The summed E-state index contributed by atoms with van der Waals surface area (Å²) < 4.78 is 19.3. The lowest BCUT2D eigenvalue weighted by atomic mass is 9.85. The van der Waals surface area contributed by atoms with E-state index < -0.39 is 12.2 Å². The van der Waals surface area contributed by atoms with Crippen LogP contribution < -0.4 is 9.64 Å². The van der Waals surface area contributed by atoms with Crippen molar-refractivity contribution in [2.24, 2.45) is 0 Å². The summed E-state index contributed by atoms with van der Waals surface area (Å²) >= 11 is 2.35. The summed E-state index contributed by atoms with van der Waals surface area (Å²) in [5.41, 5.74) is 5.10. The Hall–Kier alpha value is -3.79. The molecule has 7 nitrogen and oxygen atoms in total. The van der Waals surface area contributed by atoms with Gasteiger partial charge in [-0.05, 0) is 79.6 Å². The SMILES string of the molecule is CCOC(=O)N1C(c2ccc(C)cc2)=C(I)C(c2ccc(OCC)cc2)c2c1n(C(=O)OCC)c1ccccc21. The highest BCUT2D eigenvalue weighted by molar-refractivity contribution is 14.1. The fraction of sp³-hybridized carbons (Fsp3) is 0.250. The number of fused-ring (bicyclic) bond motifs is 3. The maximum Gasteiger partial charge on any atom is 0.420 e. The van der Waals surface area contributed by atoms with Crippen molar-refractivity contribution >= 4 is 57.2 Å². The molecule has 1 aromatic heterocycles. The molecule has 1 aliphatic heterocycles. The van der Waals surface area contributed by atoms with Crippen molar-refractivity contribution in [2.45, 2.75) is 33.6 Å². The highest BCUT2D eigenvalue weighted by Gasteiger charge is 2.42. The highest BCUT2D eigenvalue weighted by Crippen LogP contribution is 2.54. The summed E-state index contributed by atoms with van der Waals surface area (Å²) in [7, 11) is 0. The zero-order valence-corrected chi connectivity index (χ0v) is 25.1. The second-order valence-corrected chi connectivity index (χ2v) is 10.5. The predicted octanol–water partition coefficient (Wildman–Crippen LogP) is 8.27. The summed E-state index contributed by atoms with van der Waals surface area (Å²) in [6.07, 6.45) is -1.12. The molecular formula is C32H31IN2O5. The minimum Gasteiger partial charge on any atom is -0.494 e. The van der Waals surface area contributed by atoms with E-state index in [4.69, 9.17) is 14.2 Å². The zero-order chi connectivity index (χ0) is 28.4. The average Bonchev–Trinajstić information content (AvgIpc) is 3.29. The van der Waals surface area contributed by atoms with Gasteiger partial charge >= 0.3 is 12.2 Å². The molecule has 2 heterocycles. The fourth-order valence-electron chi connectivity index (χ4n) is 5.19. The van der Waals surface area contributed by atoms with Gasteiger partial charge in [-0.3, -0.25) is 0 Å². The third kappa shape index (κ3) is 4.85. The van der Waals surface area contributed by atoms with Crippen molar-refractivity contribution in [3.8, 4) is 5.75 Å². The van der Waals surface area contributed by atoms with Gasteiger partial charge in [-0.2, -0.15) is 0 Å². The van der Waals surface area contributed by atoms with E-state index in [1.54, 1.807) is 13.8 Å². The molecule has 8 heteroatoms. The molecule has 1 unspecified atom stereocenters. The van der Waals surface area contributed by atoms with Gasteiger partial charge in [-0.15, -0.1) is 0 Å². The van der Waals surface area contributed by atoms with E-state index in [-0.39, 0.29) is 19.1 Å². The summed E-state index contributed by atoms with van der Waals surface area (Å²) in [5.74, 6) is 0.934. The first-order valence-corrected chi connectivity index (χ1v) is 14.5. The second kappa shape index (κ2) is 11.8. The van der Waals surface area contributed by atoms with Crippen LogP contribution in [0.25, 0.3) is 16.6 Å². The van der Waals surface area contributed by atoms with Gasteiger partial charge in [0, 0.05) is 20.4 Å². The molecule has 40 heavy (non-hydrogen) atoms. The van der Waals surface area contributed by atoms with Gasteiger partial charge in [0.1, 0.15) is 11.6 Å². The van der Waals surface area contributed by atoms with Crippen LogP contribution in [-0.4, -0.2) is 36.6 Å². The number of rotatable bonds is 6. The molecule has 0 fully saturated rings. The molecule has 1 atom stereocenters. The predicted molar refractivity (Wildman–Crippen MR) is 165 cm³/mol. The summed E-state index contributed by atoms with van der Waals surface area (Å²) in [4.78, 5) is 28.9. The number of halogens is 1. The van der Waals surface area contributed by atoms with E-state index in [2.05, 4.69) is 22.6 Å². The maximum absolute atomic E-state index is 13.8. The van der Waals surface area contributed by atoms with Gasteiger partial charge in [-0.25, -0.2) is 19.1 Å². The van der Waals surface area contributed by atoms with Gasteiger partial charge in [0.15, 0.2) is 0 Å². The summed E-state index contributed by atoms with van der Waals surface area (Å²) in [5, 5.41) is 0.857. The molecule has 0 saturated carbocycles. The van der Waals surface area contributed by atoms with E-state index in [0.29, 0.717) is 23.6 Å². The van der Waals surface area contributed by atoms with Crippen molar-refractivity contribution < 1.29 is 23.8 Å². The van der Waals surface area contributed by atoms with Crippen LogP contribution in [0, 0.1) is 6.92 Å². The minimum atomic E-state index is -0.563. The zero-order valence-electron chi connectivity index (χ0n) is 22.9. The number of hydrogen-bond acceptors (Lipinski definition) is 5. The first kappa shape index (κ1) is 27.8. The number of hydrogen-bond donors (Lipinski definition) is 0. The number of amides is 1. The molecule has 3 aromatic carbocycles. The Morgan fingerprint density at radius 1 is 0.825 bits per heavy atom. The number of benzene rings is 3. The standard InChI is InChI=1S/C32H31IN2O5/c1-5-38-23-18-16-21(17-19-23)26-27-24-10-8-9-11-25(24)34(31(36)39-6-2)30(27)35(32(37)40-7-3)29(28(26)33)22-14-12-20(4)13-15-22/h8-19,26H,5-7H2,1-4H3. The largest absolute Gasteiger partial charge is 0.494 e. The van der Waals surface area contributed by atoms with E-state index in [0.717, 1.165) is 37.0 Å². The van der Waals surface area contributed by atoms with Gasteiger partial charge in [0.25, 0.3) is 0 Å². The Kier molecular flexibility index (Phi) is 8.16. The molecule has 0 saturated heterocycles. The first-order valence-electron chi connectivity index (χ1n) is 13.4. The van der Waals surface area contributed by atoms with Crippen LogP contribution in [-0.2, 0) is 9.47 Å². The number of carbonyl (C=O) groups excluding carboxylic acids is 2. The van der Waals surface area contributed by atoms with Crippen LogP contribution in [0.2, 0.25) is 0 Å². The third-order valence-electron chi connectivity index (χ3n) is 6.84. The van der Waals surface area contributed by atoms with E-state index in [9.17, 15) is 9.59 Å². The lowest BCUT2D eigenvalue weighted by molar-refractivity contribution is 0.154. The number of nitrogens with zero attached hydrogens (tertiary/aromatic N) is 2. The van der Waals surface area contributed by atoms with Crippen molar-refractivity contribution in [2.75, 3.05) is 24.7 Å². The Bertz CT molecular complexity index is 1590. The molecule has 0 N–H and O–H groups in total. The molecule has 206 valence electrons. The van der Waals surface area contributed by atoms with E-state index in [1.165, 1.54) is 9.47 Å². The van der Waals surface area contributed by atoms with Gasteiger partial charge < -0.3 is 14.2 Å². The molecular weight excluding hydrogens is 619 g/mol. The molecule has 0 bridgehead atoms. The number of para-hydroxylation sites is 1. The van der Waals surface area contributed by atoms with Crippen molar-refractivity contribution in [1.29, 1.82) is 0 Å². The minimum absolute atomic E-state index is 0.185. The second-order valence-electron chi connectivity index (χ2n) is 9.32. The monoisotopic (exact) mass is 650 g/mol. The molecule has 1 amide bonds. The number of anilines is 1. The number of aromatic nitrogens is 1. The van der Waals surface area contributed by atoms with Crippen LogP contribution >= 0.6 is 22.6 Å². The quantitative estimate of drug-likeness (QED) is 0.197. The molecule has 0 aliphatic carbocycles. The number of allylic oxidation sites excluding steroid dienone is 1. The van der Waals surface area contributed by atoms with Crippen LogP contribution in [0.1, 0.15) is 48.9 Å². The van der Waals surface area contributed by atoms with Crippen LogP contribution in [0.15, 0.2) is 76.4 Å². The van der Waals surface area contributed by atoms with Crippen molar-refractivity contribution in [3.63, 3.8) is 0 Å². The number of aryl methyl sites for hydroxylation is 1. The molecule has 0 radical (unpaired) electrons. The molecule has 1 aliphatic rings. The summed E-state index contributed by atoms with van der Waals surface area (Å²) in [6, 6.07) is 23.7. The highest BCUT2D eigenvalue weighted by atomic mass is 127. The van der Waals surface area contributed by atoms with Gasteiger partial charge in [-0.1, -0.05) is 60.2 Å². The first-order chi connectivity index (χ1) is 19.4. The van der Waals surface area contributed by atoms with Gasteiger partial charge in [0.05, 0.1) is 31.0 Å². The average molecular weight is 651 g/mol. The molecule has 0 spiro atoms. The fourth-order valence-corrected chi connectivity index (χ4v) is 6.41. The lowest BCUT2D eigenvalue weighted by Gasteiger charge is -2.35. The normalized spacial score (nSPS) is 14.7. The van der Waals surface area contributed by atoms with E-state index in [1.807, 2.05) is 86.6 Å². The van der Waals surface area contributed by atoms with Crippen molar-refractivity contribution in [3.05, 3.63) is 98.6 Å². The number of ether oxygens (including phenoxy) is 3. The maximum atomic E-state index is 13.8. The van der Waals surface area contributed by atoms with Crippen LogP contribution in [0.3, 0.4) is 0 Å². The van der Waals surface area contributed by atoms with Crippen molar-refractivity contribution in [1.82, 2.24) is 4.57 Å². The lowest BCUT2D eigenvalue weighted by Crippen LogP contribution is -2.37. The van der Waals surface area contributed by atoms with E-state index >= 15 is 0 Å².